The van der Waals surface area contributed by atoms with Gasteiger partial charge in [0.1, 0.15) is 37.1 Å². The Labute approximate surface area is 212 Å². The van der Waals surface area contributed by atoms with Gasteiger partial charge in [-0.1, -0.05) is 30.3 Å². The highest BCUT2D eigenvalue weighted by atomic mass is 35.5. The molecule has 0 aliphatic heterocycles. The molecule has 2 rings (SSSR count). The van der Waals surface area contributed by atoms with Crippen molar-refractivity contribution in [3.05, 3.63) is 54.1 Å². The van der Waals surface area contributed by atoms with E-state index in [2.05, 4.69) is 0 Å². The van der Waals surface area contributed by atoms with Crippen LogP contribution in [0, 0.1) is 0 Å². The quantitative estimate of drug-likeness (QED) is 0.178. The molecule has 0 saturated heterocycles. The first-order valence-corrected chi connectivity index (χ1v) is 12.4. The monoisotopic (exact) mass is 516 g/mol. The molecule has 0 radical (unpaired) electrons. The summed E-state index contributed by atoms with van der Waals surface area (Å²) in [5, 5.41) is 0. The van der Waals surface area contributed by atoms with E-state index in [0.29, 0.717) is 102 Å². The smallest absolute Gasteiger partial charge is 0.127 e. The van der Waals surface area contributed by atoms with E-state index in [9.17, 15) is 0 Å². The maximum absolute atomic E-state index is 5.96. The lowest BCUT2D eigenvalue weighted by molar-refractivity contribution is 0.0400. The predicted molar refractivity (Wildman–Crippen MR) is 133 cm³/mol. The molecule has 0 fully saturated rings. The topological polar surface area (TPSA) is 64.6 Å². The van der Waals surface area contributed by atoms with Crippen LogP contribution < -0.4 is 14.2 Å². The fourth-order valence-electron chi connectivity index (χ4n) is 2.73. The summed E-state index contributed by atoms with van der Waals surface area (Å²) in [4.78, 5) is 0. The van der Waals surface area contributed by atoms with Crippen molar-refractivity contribution < 1.29 is 33.2 Å². The molecule has 34 heavy (non-hydrogen) atoms. The van der Waals surface area contributed by atoms with E-state index in [1.807, 2.05) is 48.5 Å². The fraction of sp³-hybridized carbons (Fsp3) is 0.520. The van der Waals surface area contributed by atoms with Crippen molar-refractivity contribution in [3.63, 3.8) is 0 Å². The van der Waals surface area contributed by atoms with Crippen molar-refractivity contribution in [2.45, 2.75) is 6.61 Å². The SMILES string of the molecule is ClCCOCCOCCOc1cc(OCCOCCOCCCl)cc(OCc2ccccc2)c1. The van der Waals surface area contributed by atoms with Gasteiger partial charge in [-0.25, -0.2) is 0 Å². The lowest BCUT2D eigenvalue weighted by Crippen LogP contribution is -2.12. The first-order valence-electron chi connectivity index (χ1n) is 11.3. The molecule has 0 N–H and O–H groups in total. The Balaban J connectivity index is 1.80. The molecule has 0 aromatic heterocycles. The Morgan fingerprint density at radius 2 is 0.882 bits per heavy atom. The molecule has 0 amide bonds. The molecule has 7 nitrogen and oxygen atoms in total. The average molecular weight is 517 g/mol. The first kappa shape index (κ1) is 28.5. The number of hydrogen-bond donors (Lipinski definition) is 0. The molecular weight excluding hydrogens is 483 g/mol. The van der Waals surface area contributed by atoms with Crippen molar-refractivity contribution in [1.82, 2.24) is 0 Å². The Hall–Kier alpha value is -1.74. The summed E-state index contributed by atoms with van der Waals surface area (Å²) in [7, 11) is 0. The molecular formula is C25H34Cl2O7. The highest BCUT2D eigenvalue weighted by Crippen LogP contribution is 2.28. The molecule has 0 unspecified atom stereocenters. The van der Waals surface area contributed by atoms with Gasteiger partial charge in [0.25, 0.3) is 0 Å². The molecule has 0 heterocycles. The summed E-state index contributed by atoms with van der Waals surface area (Å²) >= 11 is 11.1. The molecule has 0 atom stereocenters. The van der Waals surface area contributed by atoms with Gasteiger partial charge in [-0.15, -0.1) is 23.2 Å². The number of rotatable bonds is 21. The van der Waals surface area contributed by atoms with E-state index in [1.165, 1.54) is 0 Å². The second-order valence-electron chi connectivity index (χ2n) is 6.94. The normalized spacial score (nSPS) is 10.9. The standard InChI is InChI=1S/C25H34Cl2O7/c26-6-8-28-10-12-30-14-16-32-23-18-24(33-17-15-31-13-11-29-9-7-27)20-25(19-23)34-21-22-4-2-1-3-5-22/h1-5,18-20H,6-17,21H2. The van der Waals surface area contributed by atoms with E-state index in [4.69, 9.17) is 56.4 Å². The van der Waals surface area contributed by atoms with E-state index in [-0.39, 0.29) is 0 Å². The highest BCUT2D eigenvalue weighted by Gasteiger charge is 2.06. The van der Waals surface area contributed by atoms with Crippen molar-refractivity contribution >= 4 is 23.2 Å². The summed E-state index contributed by atoms with van der Waals surface area (Å²) in [6.45, 7) is 5.15. The third-order valence-electron chi connectivity index (χ3n) is 4.28. The van der Waals surface area contributed by atoms with Gasteiger partial charge >= 0.3 is 0 Å². The van der Waals surface area contributed by atoms with E-state index in [1.54, 1.807) is 0 Å². The summed E-state index contributed by atoms with van der Waals surface area (Å²) in [6.07, 6.45) is 0. The number of alkyl halides is 2. The van der Waals surface area contributed by atoms with Gasteiger partial charge in [0.05, 0.1) is 52.9 Å². The van der Waals surface area contributed by atoms with E-state index >= 15 is 0 Å². The van der Waals surface area contributed by atoms with Crippen LogP contribution in [-0.2, 0) is 25.6 Å². The minimum atomic E-state index is 0.391. The molecule has 2 aromatic rings. The molecule has 0 saturated carbocycles. The van der Waals surface area contributed by atoms with Crippen molar-refractivity contribution in [1.29, 1.82) is 0 Å². The van der Waals surface area contributed by atoms with E-state index in [0.717, 1.165) is 5.56 Å². The molecule has 2 aromatic carbocycles. The van der Waals surface area contributed by atoms with Gasteiger partial charge in [0, 0.05) is 30.0 Å². The minimum absolute atomic E-state index is 0.391. The third-order valence-corrected chi connectivity index (χ3v) is 4.59. The lowest BCUT2D eigenvalue weighted by Gasteiger charge is -2.14. The van der Waals surface area contributed by atoms with Crippen LogP contribution in [0.25, 0.3) is 0 Å². The summed E-state index contributed by atoms with van der Waals surface area (Å²) in [6, 6.07) is 15.5. The van der Waals surface area contributed by atoms with Crippen molar-refractivity contribution in [2.75, 3.05) is 77.8 Å². The number of hydrogen-bond acceptors (Lipinski definition) is 7. The van der Waals surface area contributed by atoms with Crippen LogP contribution in [0.15, 0.2) is 48.5 Å². The summed E-state index contributed by atoms with van der Waals surface area (Å²) in [5.74, 6) is 2.88. The minimum Gasteiger partial charge on any atom is -0.491 e. The second-order valence-corrected chi connectivity index (χ2v) is 7.69. The zero-order valence-electron chi connectivity index (χ0n) is 19.4. The van der Waals surface area contributed by atoms with Gasteiger partial charge in [-0.05, 0) is 5.56 Å². The maximum Gasteiger partial charge on any atom is 0.127 e. The van der Waals surface area contributed by atoms with Crippen molar-refractivity contribution in [2.24, 2.45) is 0 Å². The Kier molecular flexibility index (Phi) is 16.4. The number of ether oxygens (including phenoxy) is 7. The predicted octanol–water partition coefficient (Wildman–Crippen LogP) is 4.57. The Bertz CT molecular complexity index is 711. The molecule has 0 spiro atoms. The zero-order valence-corrected chi connectivity index (χ0v) is 20.9. The van der Waals surface area contributed by atoms with Gasteiger partial charge in [0.2, 0.25) is 0 Å². The second kappa shape index (κ2) is 19.6. The van der Waals surface area contributed by atoms with Crippen LogP contribution in [0.3, 0.4) is 0 Å². The summed E-state index contributed by atoms with van der Waals surface area (Å²) < 4.78 is 39.2. The lowest BCUT2D eigenvalue weighted by atomic mass is 10.2. The highest BCUT2D eigenvalue weighted by molar-refractivity contribution is 6.18. The van der Waals surface area contributed by atoms with Crippen LogP contribution in [0.4, 0.5) is 0 Å². The van der Waals surface area contributed by atoms with Gasteiger partial charge in [-0.2, -0.15) is 0 Å². The van der Waals surface area contributed by atoms with Crippen LogP contribution >= 0.6 is 23.2 Å². The Morgan fingerprint density at radius 1 is 0.471 bits per heavy atom. The van der Waals surface area contributed by atoms with Gasteiger partial charge in [0.15, 0.2) is 0 Å². The van der Waals surface area contributed by atoms with Crippen LogP contribution in [0.5, 0.6) is 17.2 Å². The maximum atomic E-state index is 5.96. The molecule has 0 aliphatic carbocycles. The average Bonchev–Trinajstić information content (AvgIpc) is 2.86. The van der Waals surface area contributed by atoms with Crippen LogP contribution in [0.2, 0.25) is 0 Å². The van der Waals surface area contributed by atoms with Gasteiger partial charge in [-0.3, -0.25) is 0 Å². The van der Waals surface area contributed by atoms with Crippen LogP contribution in [-0.4, -0.2) is 77.8 Å². The number of halogens is 2. The van der Waals surface area contributed by atoms with E-state index < -0.39 is 0 Å². The molecule has 9 heteroatoms. The zero-order chi connectivity index (χ0) is 24.1. The van der Waals surface area contributed by atoms with Crippen LogP contribution in [0.1, 0.15) is 5.56 Å². The van der Waals surface area contributed by atoms with Gasteiger partial charge < -0.3 is 33.2 Å². The first-order chi connectivity index (χ1) is 16.8. The molecule has 190 valence electrons. The fourth-order valence-corrected chi connectivity index (χ4v) is 2.94. The third kappa shape index (κ3) is 13.8. The Morgan fingerprint density at radius 3 is 1.35 bits per heavy atom. The summed E-state index contributed by atoms with van der Waals surface area (Å²) in [5.41, 5.74) is 1.07. The molecule has 0 bridgehead atoms. The molecule has 0 aliphatic rings. The van der Waals surface area contributed by atoms with Crippen molar-refractivity contribution in [3.8, 4) is 17.2 Å². The largest absolute Gasteiger partial charge is 0.491 e. The number of benzene rings is 2.